The molecule has 210 valence electrons. The molecule has 4 amide bonds. The van der Waals surface area contributed by atoms with Gasteiger partial charge in [0.25, 0.3) is 0 Å². The SMILES string of the molecule is N=C(N)c1cccc(C[C@H](NS(=O)(=O)c2cccc(NC(=O)CCN)c2)C(=O)N2CCC(NC(N)=O)CC2)c1. The van der Waals surface area contributed by atoms with Crippen LogP contribution in [0.25, 0.3) is 0 Å². The third-order valence-electron chi connectivity index (χ3n) is 6.23. The number of rotatable bonds is 11. The summed E-state index contributed by atoms with van der Waals surface area (Å²) >= 11 is 0. The molecule has 39 heavy (non-hydrogen) atoms. The van der Waals surface area contributed by atoms with E-state index in [4.69, 9.17) is 22.6 Å². The van der Waals surface area contributed by atoms with Crippen LogP contribution < -0.4 is 32.6 Å². The quantitative estimate of drug-likeness (QED) is 0.145. The highest BCUT2D eigenvalue weighted by molar-refractivity contribution is 7.89. The zero-order valence-corrected chi connectivity index (χ0v) is 22.2. The average Bonchev–Trinajstić information content (AvgIpc) is 2.88. The second-order valence-electron chi connectivity index (χ2n) is 9.21. The molecule has 0 bridgehead atoms. The maximum absolute atomic E-state index is 13.6. The Morgan fingerprint density at radius 1 is 1.05 bits per heavy atom. The van der Waals surface area contributed by atoms with E-state index < -0.39 is 28.0 Å². The molecule has 10 N–H and O–H groups in total. The van der Waals surface area contributed by atoms with Crippen LogP contribution in [0.15, 0.2) is 53.4 Å². The minimum atomic E-state index is -4.20. The lowest BCUT2D eigenvalue weighted by molar-refractivity contribution is -0.134. The van der Waals surface area contributed by atoms with Gasteiger partial charge in [-0.05, 0) is 49.1 Å². The van der Waals surface area contributed by atoms with E-state index in [-0.39, 0.29) is 47.8 Å². The molecule has 1 aliphatic heterocycles. The lowest BCUT2D eigenvalue weighted by Gasteiger charge is -2.34. The van der Waals surface area contributed by atoms with Gasteiger partial charge >= 0.3 is 6.03 Å². The van der Waals surface area contributed by atoms with Crippen molar-refractivity contribution in [2.45, 2.75) is 42.7 Å². The first-order valence-electron chi connectivity index (χ1n) is 12.4. The van der Waals surface area contributed by atoms with Gasteiger partial charge in [0, 0.05) is 43.3 Å². The number of nitrogens with two attached hydrogens (primary N) is 3. The van der Waals surface area contributed by atoms with Crippen molar-refractivity contribution in [1.82, 2.24) is 14.9 Å². The zero-order chi connectivity index (χ0) is 28.6. The number of nitrogens with one attached hydrogen (secondary N) is 4. The van der Waals surface area contributed by atoms with E-state index in [9.17, 15) is 22.8 Å². The number of anilines is 1. The monoisotopic (exact) mass is 558 g/mol. The summed E-state index contributed by atoms with van der Waals surface area (Å²) in [5.41, 5.74) is 17.5. The summed E-state index contributed by atoms with van der Waals surface area (Å²) in [6.45, 7) is 0.756. The van der Waals surface area contributed by atoms with E-state index in [1.807, 2.05) is 0 Å². The third kappa shape index (κ3) is 8.49. The second-order valence-corrected chi connectivity index (χ2v) is 10.9. The summed E-state index contributed by atoms with van der Waals surface area (Å²) in [5.74, 6) is -0.942. The summed E-state index contributed by atoms with van der Waals surface area (Å²) in [6, 6.07) is 10.4. The number of nitrogen functional groups attached to an aromatic ring is 1. The van der Waals surface area contributed by atoms with Gasteiger partial charge in [0.2, 0.25) is 21.8 Å². The van der Waals surface area contributed by atoms with Crippen LogP contribution in [0, 0.1) is 5.41 Å². The molecule has 0 radical (unpaired) electrons. The molecule has 2 aromatic rings. The molecule has 2 aromatic carbocycles. The fourth-order valence-electron chi connectivity index (χ4n) is 4.30. The van der Waals surface area contributed by atoms with Crippen molar-refractivity contribution < 1.29 is 22.8 Å². The number of hydrogen-bond acceptors (Lipinski definition) is 7. The fraction of sp³-hybridized carbons (Fsp3) is 0.360. The van der Waals surface area contributed by atoms with Crippen molar-refractivity contribution in [3.8, 4) is 0 Å². The van der Waals surface area contributed by atoms with Crippen LogP contribution in [0.3, 0.4) is 0 Å². The smallest absolute Gasteiger partial charge is 0.312 e. The van der Waals surface area contributed by atoms with Crippen LogP contribution >= 0.6 is 0 Å². The minimum Gasteiger partial charge on any atom is -0.384 e. The Kier molecular flexibility index (Phi) is 9.98. The number of piperidine rings is 1. The number of benzene rings is 2. The average molecular weight is 559 g/mol. The molecule has 0 unspecified atom stereocenters. The molecular weight excluding hydrogens is 524 g/mol. The predicted octanol–water partition coefficient (Wildman–Crippen LogP) is -0.193. The standard InChI is InChI=1S/C25H34N8O5S/c26-10-7-22(34)30-19-5-2-6-20(15-19)39(37,38)32-21(14-16-3-1-4-17(13-16)23(27)28)24(35)33-11-8-18(9-12-33)31-25(29)36/h1-6,13,15,18,21,32H,7-12,14,26H2,(H3,27,28)(H,30,34)(H3,29,31,36)/t21-/m0/s1. The van der Waals surface area contributed by atoms with Crippen LogP contribution in [0.5, 0.6) is 0 Å². The van der Waals surface area contributed by atoms with Crippen LogP contribution in [-0.4, -0.2) is 68.7 Å². The largest absolute Gasteiger partial charge is 0.384 e. The first-order chi connectivity index (χ1) is 18.5. The van der Waals surface area contributed by atoms with Crippen molar-refractivity contribution >= 4 is 39.4 Å². The highest BCUT2D eigenvalue weighted by Gasteiger charge is 2.32. The Morgan fingerprint density at radius 2 is 1.74 bits per heavy atom. The molecule has 1 fully saturated rings. The number of sulfonamides is 1. The number of carbonyl (C=O) groups excluding carboxylic acids is 3. The molecule has 0 spiro atoms. The van der Waals surface area contributed by atoms with Gasteiger partial charge in [-0.2, -0.15) is 4.72 Å². The third-order valence-corrected chi connectivity index (χ3v) is 7.70. The van der Waals surface area contributed by atoms with Crippen molar-refractivity contribution in [3.05, 3.63) is 59.7 Å². The van der Waals surface area contributed by atoms with Crippen LogP contribution in [0.1, 0.15) is 30.4 Å². The van der Waals surface area contributed by atoms with E-state index in [2.05, 4.69) is 15.4 Å². The Bertz CT molecular complexity index is 1330. The highest BCUT2D eigenvalue weighted by Crippen LogP contribution is 2.19. The van der Waals surface area contributed by atoms with Gasteiger partial charge < -0.3 is 32.7 Å². The first-order valence-corrected chi connectivity index (χ1v) is 13.9. The molecule has 1 heterocycles. The van der Waals surface area contributed by atoms with Crippen molar-refractivity contribution in [2.24, 2.45) is 17.2 Å². The summed E-state index contributed by atoms with van der Waals surface area (Å²) in [4.78, 5) is 38.1. The Labute approximate surface area is 227 Å². The summed E-state index contributed by atoms with van der Waals surface area (Å²) in [6.07, 6.45) is 1.03. The Hall–Kier alpha value is -4.01. The Balaban J connectivity index is 1.85. The highest BCUT2D eigenvalue weighted by atomic mass is 32.2. The molecule has 0 saturated carbocycles. The van der Waals surface area contributed by atoms with Gasteiger partial charge in [0.1, 0.15) is 11.9 Å². The minimum absolute atomic E-state index is 0.00553. The normalized spacial score (nSPS) is 14.8. The van der Waals surface area contributed by atoms with E-state index in [1.165, 1.54) is 18.2 Å². The molecule has 0 aromatic heterocycles. The first kappa shape index (κ1) is 29.5. The summed E-state index contributed by atoms with van der Waals surface area (Å²) in [5, 5.41) is 12.9. The zero-order valence-electron chi connectivity index (χ0n) is 21.4. The van der Waals surface area contributed by atoms with E-state index in [0.29, 0.717) is 37.1 Å². The molecule has 13 nitrogen and oxygen atoms in total. The number of carbonyl (C=O) groups is 3. The van der Waals surface area contributed by atoms with Crippen LogP contribution in [-0.2, 0) is 26.0 Å². The number of amidine groups is 1. The van der Waals surface area contributed by atoms with Gasteiger partial charge in [-0.3, -0.25) is 15.0 Å². The predicted molar refractivity (Wildman–Crippen MR) is 146 cm³/mol. The van der Waals surface area contributed by atoms with Crippen molar-refractivity contribution in [2.75, 3.05) is 25.0 Å². The Morgan fingerprint density at radius 3 is 2.38 bits per heavy atom. The molecular formula is C25H34N8O5S. The topological polar surface area (TPSA) is 227 Å². The van der Waals surface area contributed by atoms with E-state index in [0.717, 1.165) is 0 Å². The number of likely N-dealkylation sites (tertiary alicyclic amines) is 1. The second kappa shape index (κ2) is 13.2. The maximum Gasteiger partial charge on any atom is 0.312 e. The van der Waals surface area contributed by atoms with Gasteiger partial charge in [-0.1, -0.05) is 24.3 Å². The summed E-state index contributed by atoms with van der Waals surface area (Å²) < 4.78 is 29.3. The molecule has 3 rings (SSSR count). The fourth-order valence-corrected chi connectivity index (χ4v) is 5.53. The summed E-state index contributed by atoms with van der Waals surface area (Å²) in [7, 11) is -4.20. The molecule has 14 heteroatoms. The van der Waals surface area contributed by atoms with Gasteiger partial charge in [0.15, 0.2) is 0 Å². The number of urea groups is 1. The van der Waals surface area contributed by atoms with E-state index >= 15 is 0 Å². The number of hydrogen-bond donors (Lipinski definition) is 7. The van der Waals surface area contributed by atoms with Crippen LogP contribution in [0.2, 0.25) is 0 Å². The van der Waals surface area contributed by atoms with Crippen molar-refractivity contribution in [1.29, 1.82) is 5.41 Å². The number of amides is 4. The van der Waals surface area contributed by atoms with E-state index in [1.54, 1.807) is 35.2 Å². The molecule has 1 aliphatic rings. The maximum atomic E-state index is 13.6. The lowest BCUT2D eigenvalue weighted by atomic mass is 10.0. The number of nitrogens with zero attached hydrogens (tertiary/aromatic N) is 1. The van der Waals surface area contributed by atoms with Gasteiger partial charge in [-0.25, -0.2) is 13.2 Å². The van der Waals surface area contributed by atoms with Crippen molar-refractivity contribution in [3.63, 3.8) is 0 Å². The van der Waals surface area contributed by atoms with Gasteiger partial charge in [-0.15, -0.1) is 0 Å². The molecule has 1 saturated heterocycles. The molecule has 0 aliphatic carbocycles. The molecule has 1 atom stereocenters. The number of primary amides is 1. The lowest BCUT2D eigenvalue weighted by Crippen LogP contribution is -2.54. The van der Waals surface area contributed by atoms with Gasteiger partial charge in [0.05, 0.1) is 4.90 Å². The van der Waals surface area contributed by atoms with Crippen LogP contribution in [0.4, 0.5) is 10.5 Å².